The van der Waals surface area contributed by atoms with E-state index < -0.39 is 10.0 Å². The lowest BCUT2D eigenvalue weighted by Gasteiger charge is -2.26. The number of hydrogen-bond acceptors (Lipinski definition) is 7. The van der Waals surface area contributed by atoms with Crippen LogP contribution in [0.25, 0.3) is 11.0 Å². The second-order valence-corrected chi connectivity index (χ2v) is 9.63. The van der Waals surface area contributed by atoms with E-state index in [9.17, 15) is 8.42 Å². The van der Waals surface area contributed by atoms with Gasteiger partial charge < -0.3 is 19.2 Å². The molecule has 0 atom stereocenters. The number of imidazole rings is 1. The zero-order chi connectivity index (χ0) is 21.0. The van der Waals surface area contributed by atoms with Crippen molar-refractivity contribution in [3.05, 3.63) is 42.5 Å². The van der Waals surface area contributed by atoms with Crippen molar-refractivity contribution in [3.8, 4) is 11.5 Å². The van der Waals surface area contributed by atoms with Gasteiger partial charge >= 0.3 is 0 Å². The molecule has 160 valence electrons. The topological polar surface area (TPSA) is 93.8 Å². The van der Waals surface area contributed by atoms with Crippen LogP contribution in [0.1, 0.15) is 0 Å². The van der Waals surface area contributed by atoms with Gasteiger partial charge in [-0.2, -0.15) is 4.31 Å². The third-order valence-electron chi connectivity index (χ3n) is 4.69. The summed E-state index contributed by atoms with van der Waals surface area (Å²) in [6.45, 7) is 2.09. The minimum absolute atomic E-state index is 0.267. The Kier molecular flexibility index (Phi) is 6.47. The van der Waals surface area contributed by atoms with Gasteiger partial charge in [0.2, 0.25) is 10.0 Å². The Hall–Kier alpha value is -2.27. The lowest BCUT2D eigenvalue weighted by Crippen LogP contribution is -2.40. The van der Waals surface area contributed by atoms with E-state index in [1.54, 1.807) is 43.1 Å². The molecule has 0 aliphatic carbocycles. The Bertz CT molecular complexity index is 1090. The fourth-order valence-corrected chi connectivity index (χ4v) is 5.22. The molecule has 30 heavy (non-hydrogen) atoms. The highest BCUT2D eigenvalue weighted by Crippen LogP contribution is 2.24. The molecule has 2 heterocycles. The number of rotatable bonds is 8. The lowest BCUT2D eigenvalue weighted by molar-refractivity contribution is 0.0730. The number of hydrogen-bond donors (Lipinski definition) is 1. The fraction of sp³-hybridized carbons (Fsp3) is 0.350. The van der Waals surface area contributed by atoms with E-state index >= 15 is 0 Å². The number of fused-ring (bicyclic) bond motifs is 1. The Morgan fingerprint density at radius 2 is 1.87 bits per heavy atom. The van der Waals surface area contributed by atoms with Crippen molar-refractivity contribution >= 4 is 32.8 Å². The summed E-state index contributed by atoms with van der Waals surface area (Å²) >= 11 is 1.56. The summed E-state index contributed by atoms with van der Waals surface area (Å²) in [5, 5.41) is 0.814. The standard InChI is InChI=1S/C20H23N3O5S2/c1-26-16-4-7-18-19(14-16)22-20(21-18)29-13-12-28-15-2-5-17(6-3-15)30(24,25)23-8-10-27-11-9-23/h2-7,14H,8-13H2,1H3,(H,21,22). The van der Waals surface area contributed by atoms with Crippen LogP contribution >= 0.6 is 11.8 Å². The Morgan fingerprint density at radius 3 is 2.60 bits per heavy atom. The molecule has 1 aliphatic heterocycles. The van der Waals surface area contributed by atoms with Gasteiger partial charge in [-0.15, -0.1) is 0 Å². The minimum Gasteiger partial charge on any atom is -0.497 e. The number of nitrogens with zero attached hydrogens (tertiary/aromatic N) is 2. The molecule has 10 heteroatoms. The average Bonchev–Trinajstić information content (AvgIpc) is 3.19. The number of morpholine rings is 1. The molecule has 8 nitrogen and oxygen atoms in total. The number of thioether (sulfide) groups is 1. The maximum Gasteiger partial charge on any atom is 0.243 e. The van der Waals surface area contributed by atoms with Crippen molar-refractivity contribution in [2.75, 3.05) is 45.8 Å². The van der Waals surface area contributed by atoms with Crippen LogP contribution in [-0.4, -0.2) is 68.5 Å². The van der Waals surface area contributed by atoms with Crippen LogP contribution in [0.3, 0.4) is 0 Å². The van der Waals surface area contributed by atoms with E-state index in [2.05, 4.69) is 9.97 Å². The van der Waals surface area contributed by atoms with Gasteiger partial charge in [0, 0.05) is 24.9 Å². The van der Waals surface area contributed by atoms with Gasteiger partial charge in [0.15, 0.2) is 5.16 Å². The highest BCUT2D eigenvalue weighted by atomic mass is 32.2. The van der Waals surface area contributed by atoms with Crippen molar-refractivity contribution in [3.63, 3.8) is 0 Å². The Labute approximate surface area is 179 Å². The molecule has 1 saturated heterocycles. The monoisotopic (exact) mass is 449 g/mol. The van der Waals surface area contributed by atoms with Gasteiger partial charge in [0.25, 0.3) is 0 Å². The van der Waals surface area contributed by atoms with Crippen molar-refractivity contribution in [2.45, 2.75) is 10.1 Å². The van der Waals surface area contributed by atoms with Crippen LogP contribution in [0, 0.1) is 0 Å². The van der Waals surface area contributed by atoms with Gasteiger partial charge in [-0.1, -0.05) is 11.8 Å². The van der Waals surface area contributed by atoms with Crippen molar-refractivity contribution < 1.29 is 22.6 Å². The number of benzene rings is 2. The molecule has 4 rings (SSSR count). The molecule has 0 saturated carbocycles. The zero-order valence-corrected chi connectivity index (χ0v) is 18.2. The van der Waals surface area contributed by atoms with Crippen LogP contribution in [-0.2, 0) is 14.8 Å². The fourth-order valence-electron chi connectivity index (χ4n) is 3.10. The Morgan fingerprint density at radius 1 is 1.13 bits per heavy atom. The maximum atomic E-state index is 12.6. The van der Waals surface area contributed by atoms with E-state index in [-0.39, 0.29) is 4.90 Å². The second kappa shape index (κ2) is 9.25. The van der Waals surface area contributed by atoms with Crippen LogP contribution in [0.4, 0.5) is 0 Å². The Balaban J connectivity index is 1.29. The summed E-state index contributed by atoms with van der Waals surface area (Å²) in [7, 11) is -1.85. The predicted octanol–water partition coefficient (Wildman–Crippen LogP) is 2.76. The number of ether oxygens (including phenoxy) is 3. The summed E-state index contributed by atoms with van der Waals surface area (Å²) in [6.07, 6.45) is 0. The molecule has 3 aromatic rings. The third kappa shape index (κ3) is 4.72. The summed E-state index contributed by atoms with van der Waals surface area (Å²) in [6, 6.07) is 12.2. The molecular formula is C20H23N3O5S2. The summed E-state index contributed by atoms with van der Waals surface area (Å²) in [4.78, 5) is 8.06. The minimum atomic E-state index is -3.49. The first-order valence-corrected chi connectivity index (χ1v) is 12.0. The first kappa shape index (κ1) is 21.0. The van der Waals surface area contributed by atoms with Gasteiger partial charge in [-0.3, -0.25) is 0 Å². The molecule has 0 bridgehead atoms. The number of methoxy groups -OCH3 is 1. The number of sulfonamides is 1. The second-order valence-electron chi connectivity index (χ2n) is 6.61. The summed E-state index contributed by atoms with van der Waals surface area (Å²) in [5.74, 6) is 2.11. The quantitative estimate of drug-likeness (QED) is 0.417. The normalized spacial score (nSPS) is 15.4. The van der Waals surface area contributed by atoms with Gasteiger partial charge in [-0.25, -0.2) is 13.4 Å². The lowest BCUT2D eigenvalue weighted by atomic mass is 10.3. The molecule has 1 aromatic heterocycles. The molecule has 0 radical (unpaired) electrons. The number of aromatic nitrogens is 2. The highest BCUT2D eigenvalue weighted by molar-refractivity contribution is 7.99. The molecule has 0 amide bonds. The number of aromatic amines is 1. The summed E-state index contributed by atoms with van der Waals surface area (Å²) in [5.41, 5.74) is 1.81. The van der Waals surface area contributed by atoms with Crippen LogP contribution in [0.5, 0.6) is 11.5 Å². The van der Waals surface area contributed by atoms with E-state index in [0.29, 0.717) is 44.4 Å². The zero-order valence-electron chi connectivity index (χ0n) is 16.5. The molecule has 0 spiro atoms. The molecule has 2 aromatic carbocycles. The highest BCUT2D eigenvalue weighted by Gasteiger charge is 2.26. The number of nitrogens with one attached hydrogen (secondary N) is 1. The molecule has 0 unspecified atom stereocenters. The van der Waals surface area contributed by atoms with Crippen molar-refractivity contribution in [1.82, 2.24) is 14.3 Å². The predicted molar refractivity (Wildman–Crippen MR) is 115 cm³/mol. The molecular weight excluding hydrogens is 426 g/mol. The van der Waals surface area contributed by atoms with Crippen LogP contribution in [0.15, 0.2) is 52.5 Å². The SMILES string of the molecule is COc1ccc2nc(SCCOc3ccc(S(=O)(=O)N4CCOCC4)cc3)[nH]c2c1. The van der Waals surface area contributed by atoms with E-state index in [1.165, 1.54) is 4.31 Å². The smallest absolute Gasteiger partial charge is 0.243 e. The van der Waals surface area contributed by atoms with Crippen molar-refractivity contribution in [2.24, 2.45) is 0 Å². The first-order chi connectivity index (χ1) is 14.6. The van der Waals surface area contributed by atoms with Gasteiger partial charge in [0.05, 0.1) is 42.9 Å². The first-order valence-electron chi connectivity index (χ1n) is 9.53. The molecule has 1 fully saturated rings. The molecule has 1 aliphatic rings. The maximum absolute atomic E-state index is 12.6. The largest absolute Gasteiger partial charge is 0.497 e. The molecule has 1 N–H and O–H groups in total. The van der Waals surface area contributed by atoms with Gasteiger partial charge in [0.1, 0.15) is 11.5 Å². The van der Waals surface area contributed by atoms with E-state index in [4.69, 9.17) is 14.2 Å². The average molecular weight is 450 g/mol. The third-order valence-corrected chi connectivity index (χ3v) is 7.44. The number of H-pyrrole nitrogens is 1. The van der Waals surface area contributed by atoms with Crippen LogP contribution < -0.4 is 9.47 Å². The van der Waals surface area contributed by atoms with Crippen LogP contribution in [0.2, 0.25) is 0 Å². The van der Waals surface area contributed by atoms with Crippen molar-refractivity contribution in [1.29, 1.82) is 0 Å². The van der Waals surface area contributed by atoms with Gasteiger partial charge in [-0.05, 0) is 36.4 Å². The summed E-state index contributed by atoms with van der Waals surface area (Å²) < 4.78 is 42.9. The van der Waals surface area contributed by atoms with E-state index in [0.717, 1.165) is 21.9 Å². The van der Waals surface area contributed by atoms with E-state index in [1.807, 2.05) is 18.2 Å².